The maximum atomic E-state index is 15.5. The summed E-state index contributed by atoms with van der Waals surface area (Å²) in [7, 11) is 0. The largest absolute Gasteiger partial charge is 0.417 e. The van der Waals surface area contributed by atoms with Gasteiger partial charge >= 0.3 is 30.9 Å². The highest BCUT2D eigenvalue weighted by molar-refractivity contribution is 6.14. The van der Waals surface area contributed by atoms with Gasteiger partial charge < -0.3 is 9.13 Å². The van der Waals surface area contributed by atoms with E-state index in [1.807, 2.05) is 44.2 Å². The summed E-state index contributed by atoms with van der Waals surface area (Å²) in [5.41, 5.74) is -1.50. The Labute approximate surface area is 497 Å². The smallest absolute Gasteiger partial charge is 0.308 e. The van der Waals surface area contributed by atoms with Crippen LogP contribution in [0, 0.1) is 45.9 Å². The van der Waals surface area contributed by atoms with E-state index in [-0.39, 0.29) is 89.3 Å². The molecule has 0 unspecified atom stereocenters. The van der Waals surface area contributed by atoms with Gasteiger partial charge in [-0.1, -0.05) is 77.9 Å². The topological polar surface area (TPSA) is 33.6 Å². The number of benzene rings is 10. The van der Waals surface area contributed by atoms with Crippen molar-refractivity contribution in [2.45, 2.75) is 65.5 Å². The predicted octanol–water partition coefficient (Wildman–Crippen LogP) is 22.7. The van der Waals surface area contributed by atoms with E-state index in [1.54, 1.807) is 34.9 Å². The van der Waals surface area contributed by atoms with Crippen LogP contribution in [-0.4, -0.2) is 9.13 Å². The molecule has 448 valence electrons. The second-order valence-corrected chi connectivity index (χ2v) is 22.4. The molecule has 0 fully saturated rings. The third kappa shape index (κ3) is 10.9. The molecule has 0 saturated carbocycles. The highest BCUT2D eigenvalue weighted by Crippen LogP contribution is 2.48. The molecule has 18 heteroatoms. The van der Waals surface area contributed by atoms with Crippen LogP contribution in [0.5, 0.6) is 0 Å². The molecule has 2 heterocycles. The van der Waals surface area contributed by atoms with Crippen molar-refractivity contribution in [3.05, 3.63) is 237 Å². The van der Waals surface area contributed by atoms with Gasteiger partial charge in [-0.2, -0.15) is 71.1 Å². The van der Waals surface area contributed by atoms with Crippen molar-refractivity contribution >= 4 is 43.6 Å². The summed E-state index contributed by atoms with van der Waals surface area (Å²) in [6.07, 6.45) is -24.9. The lowest BCUT2D eigenvalue weighted by Gasteiger charge is -2.21. The van der Waals surface area contributed by atoms with Gasteiger partial charge in [0.15, 0.2) is 0 Å². The van der Waals surface area contributed by atoms with Crippen LogP contribution in [0.2, 0.25) is 0 Å². The number of hydrogen-bond donors (Lipinski definition) is 0. The van der Waals surface area contributed by atoms with E-state index in [4.69, 9.17) is 0 Å². The summed E-state index contributed by atoms with van der Waals surface area (Å²) < 4.78 is 222. The summed E-state index contributed by atoms with van der Waals surface area (Å²) in [4.78, 5) is 0. The lowest BCUT2D eigenvalue weighted by Crippen LogP contribution is -2.11. The number of fused-ring (bicyclic) bond motifs is 6. The average molecular weight is 1220 g/mol. The molecule has 0 aliphatic rings. The fourth-order valence-electron chi connectivity index (χ4n) is 12.3. The highest BCUT2D eigenvalue weighted by Gasteiger charge is 2.39. The minimum absolute atomic E-state index is 0.00418. The van der Waals surface area contributed by atoms with Gasteiger partial charge in [0.05, 0.1) is 61.3 Å². The molecule has 89 heavy (non-hydrogen) atoms. The van der Waals surface area contributed by atoms with E-state index in [9.17, 15) is 57.9 Å². The molecule has 0 bridgehead atoms. The van der Waals surface area contributed by atoms with Crippen LogP contribution < -0.4 is 0 Å². The lowest BCUT2D eigenvalue weighted by atomic mass is 9.92. The first kappa shape index (κ1) is 59.6. The Morgan fingerprint density at radius 1 is 0.303 bits per heavy atom. The van der Waals surface area contributed by atoms with E-state index in [0.717, 1.165) is 52.6 Å². The summed E-state index contributed by atoms with van der Waals surface area (Å²) in [5, 5.41) is 13.1. The first-order valence-electron chi connectivity index (χ1n) is 27.4. The minimum Gasteiger partial charge on any atom is -0.308 e. The molecule has 0 saturated heterocycles. The van der Waals surface area contributed by atoms with E-state index in [0.29, 0.717) is 45.1 Å². The second-order valence-electron chi connectivity index (χ2n) is 22.4. The molecule has 12 rings (SSSR count). The van der Waals surface area contributed by atoms with Gasteiger partial charge in [-0.05, 0) is 216 Å². The zero-order valence-corrected chi connectivity index (χ0v) is 47.3. The zero-order valence-electron chi connectivity index (χ0n) is 47.3. The van der Waals surface area contributed by atoms with Crippen LogP contribution in [0.1, 0.15) is 61.2 Å². The summed E-state index contributed by atoms with van der Waals surface area (Å²) in [6, 6.07) is 41.3. The molecule has 2 aromatic heterocycles. The van der Waals surface area contributed by atoms with Crippen molar-refractivity contribution in [3.8, 4) is 73.1 Å². The van der Waals surface area contributed by atoms with Gasteiger partial charge in [-0.3, -0.25) is 0 Å². The number of nitriles is 1. The molecule has 0 aliphatic carbocycles. The standard InChI is InChI=1S/C71H44F15N3/c1-36-17-37(2)19-45(18-36)41-9-13-60-54(28-41)55-29-42(46-20-38(3)22-50(24-46)67(72,73)74)10-14-61(55)88(60)64-32-49(66-40(5)7-6-8-59(66)71(84,85)86)33-65(58(64)35-87)89-62-15-11-43(47-21-39(4)23-51(25-47)68(75,76)77)30-56(62)57-31-44(12-16-63(57)89)48-26-52(69(78,79)80)34-53(27-48)70(81,82)83/h6-34H,1-5H3. The number of alkyl halides is 15. The van der Waals surface area contributed by atoms with Crippen LogP contribution in [0.3, 0.4) is 0 Å². The maximum absolute atomic E-state index is 15.5. The van der Waals surface area contributed by atoms with Crippen LogP contribution >= 0.6 is 0 Å². The molecule has 10 aromatic carbocycles. The number of aryl methyl sites for hydroxylation is 5. The van der Waals surface area contributed by atoms with Crippen LogP contribution in [0.25, 0.3) is 111 Å². The summed E-state index contributed by atoms with van der Waals surface area (Å²) in [5.74, 6) is 0. The SMILES string of the molecule is Cc1cc(C)cc(-c2ccc3c(c2)c2cc(-c4cc(C)cc(C(F)(F)F)c4)ccc2n3-c2cc(-c3c(C)cccc3C(F)(F)F)cc(-n3c4ccc(-c5cc(C)cc(C(F)(F)F)c5)cc4c4cc(-c5cc(C(F)(F)F)cc(C(F)(F)F)c5)ccc43)c2C#N)c1. The van der Waals surface area contributed by atoms with Gasteiger partial charge in [0.2, 0.25) is 0 Å². The van der Waals surface area contributed by atoms with Gasteiger partial charge in [-0.15, -0.1) is 0 Å². The second kappa shape index (κ2) is 21.0. The Kier molecular flexibility index (Phi) is 14.0. The molecular weight excluding hydrogens is 1180 g/mol. The van der Waals surface area contributed by atoms with Crippen molar-refractivity contribution < 1.29 is 65.9 Å². The Balaban J connectivity index is 1.21. The molecule has 0 amide bonds. The van der Waals surface area contributed by atoms with Gasteiger partial charge in [0.25, 0.3) is 0 Å². The third-order valence-electron chi connectivity index (χ3n) is 16.0. The molecule has 0 aliphatic heterocycles. The fourth-order valence-corrected chi connectivity index (χ4v) is 12.3. The molecule has 3 nitrogen and oxygen atoms in total. The van der Waals surface area contributed by atoms with E-state index in [2.05, 4.69) is 6.07 Å². The molecule has 0 radical (unpaired) electrons. The molecule has 12 aromatic rings. The maximum Gasteiger partial charge on any atom is 0.417 e. The van der Waals surface area contributed by atoms with Crippen molar-refractivity contribution in [1.82, 2.24) is 9.13 Å². The Bertz CT molecular complexity index is 4910. The first-order chi connectivity index (χ1) is 41.7. The van der Waals surface area contributed by atoms with Gasteiger partial charge in [-0.25, -0.2) is 0 Å². The van der Waals surface area contributed by atoms with E-state index >= 15 is 13.2 Å². The van der Waals surface area contributed by atoms with Crippen LogP contribution in [0.15, 0.2) is 176 Å². The Morgan fingerprint density at radius 2 is 0.618 bits per heavy atom. The summed E-state index contributed by atoms with van der Waals surface area (Å²) >= 11 is 0. The molecule has 0 N–H and O–H groups in total. The third-order valence-corrected chi connectivity index (χ3v) is 16.0. The number of halogens is 15. The minimum atomic E-state index is -5.24. The van der Waals surface area contributed by atoms with Gasteiger partial charge in [0.1, 0.15) is 11.6 Å². The zero-order chi connectivity index (χ0) is 63.8. The lowest BCUT2D eigenvalue weighted by molar-refractivity contribution is -0.143. The van der Waals surface area contributed by atoms with Crippen molar-refractivity contribution in [2.75, 3.05) is 0 Å². The first-order valence-corrected chi connectivity index (χ1v) is 27.4. The van der Waals surface area contributed by atoms with E-state index in [1.165, 1.54) is 92.1 Å². The van der Waals surface area contributed by atoms with Gasteiger partial charge in [0, 0.05) is 21.5 Å². The Morgan fingerprint density at radius 3 is 0.944 bits per heavy atom. The summed E-state index contributed by atoms with van der Waals surface area (Å²) in [6.45, 7) is 8.29. The number of nitrogens with zero attached hydrogens (tertiary/aromatic N) is 3. The van der Waals surface area contributed by atoms with E-state index < -0.39 is 64.3 Å². The van der Waals surface area contributed by atoms with Crippen molar-refractivity contribution in [2.24, 2.45) is 0 Å². The molecule has 0 atom stereocenters. The Hall–Kier alpha value is -9.76. The van der Waals surface area contributed by atoms with Crippen molar-refractivity contribution in [3.63, 3.8) is 0 Å². The van der Waals surface area contributed by atoms with Crippen LogP contribution in [0.4, 0.5) is 65.9 Å². The number of aromatic nitrogens is 2. The van der Waals surface area contributed by atoms with Crippen LogP contribution in [-0.2, 0) is 30.9 Å². The monoisotopic (exact) mass is 1220 g/mol. The molecular formula is C71H44F15N3. The predicted molar refractivity (Wildman–Crippen MR) is 316 cm³/mol. The molecule has 0 spiro atoms. The average Bonchev–Trinajstić information content (AvgIpc) is 2.15. The quantitative estimate of drug-likeness (QED) is 0.146. The van der Waals surface area contributed by atoms with Crippen molar-refractivity contribution in [1.29, 1.82) is 5.26 Å². The fraction of sp³-hybridized carbons (Fsp3) is 0.141. The normalized spacial score (nSPS) is 12.7. The number of rotatable bonds is 7. The number of hydrogen-bond acceptors (Lipinski definition) is 1. The highest BCUT2D eigenvalue weighted by atomic mass is 19.4.